The number of carbonyl (C=O) groups excluding carboxylic acids is 1. The van der Waals surface area contributed by atoms with Gasteiger partial charge in [-0.2, -0.15) is 0 Å². The van der Waals surface area contributed by atoms with Gasteiger partial charge in [-0.15, -0.1) is 0 Å². The summed E-state index contributed by atoms with van der Waals surface area (Å²) in [7, 11) is 1.65. The normalized spacial score (nSPS) is 14.6. The van der Waals surface area contributed by atoms with Gasteiger partial charge in [0.25, 0.3) is 5.91 Å². The van der Waals surface area contributed by atoms with Gasteiger partial charge in [-0.25, -0.2) is 0 Å². The number of benzene rings is 2. The van der Waals surface area contributed by atoms with Crippen molar-refractivity contribution in [2.75, 3.05) is 19.0 Å². The third kappa shape index (κ3) is 5.03. The maximum Gasteiger partial charge on any atom is 0.262 e. The Labute approximate surface area is 161 Å². The van der Waals surface area contributed by atoms with Crippen LogP contribution in [0.2, 0.25) is 0 Å². The van der Waals surface area contributed by atoms with Crippen LogP contribution in [0.4, 0.5) is 5.69 Å². The number of carbonyl (C=O) groups is 1. The standard InChI is InChI=1S/C23H29NO3/c1-16-14-22(26-3)17(2)13-21(16)24-23(25)15-27-20-11-9-19(10-12-20)18-7-5-4-6-8-18/h9-14,18H,4-8,15H2,1-3H3,(H,24,25). The minimum absolute atomic E-state index is 0.00665. The van der Waals surface area contributed by atoms with Gasteiger partial charge >= 0.3 is 0 Å². The van der Waals surface area contributed by atoms with Gasteiger partial charge in [0, 0.05) is 5.69 Å². The molecule has 2 aromatic carbocycles. The predicted octanol–water partition coefficient (Wildman–Crippen LogP) is 5.38. The molecule has 0 unspecified atom stereocenters. The fourth-order valence-electron chi connectivity index (χ4n) is 3.75. The average molecular weight is 367 g/mol. The first kappa shape index (κ1) is 19.3. The van der Waals surface area contributed by atoms with E-state index in [1.54, 1.807) is 7.11 Å². The van der Waals surface area contributed by atoms with Gasteiger partial charge in [0.2, 0.25) is 0 Å². The largest absolute Gasteiger partial charge is 0.496 e. The Morgan fingerprint density at radius 3 is 2.41 bits per heavy atom. The lowest BCUT2D eigenvalue weighted by atomic mass is 9.84. The highest BCUT2D eigenvalue weighted by Crippen LogP contribution is 2.33. The van der Waals surface area contributed by atoms with Gasteiger partial charge in [-0.05, 0) is 73.6 Å². The monoisotopic (exact) mass is 367 g/mol. The fourth-order valence-corrected chi connectivity index (χ4v) is 3.75. The zero-order chi connectivity index (χ0) is 19.2. The van der Waals surface area contributed by atoms with E-state index in [9.17, 15) is 4.79 Å². The minimum Gasteiger partial charge on any atom is -0.496 e. The number of amides is 1. The number of ether oxygens (including phenoxy) is 2. The van der Waals surface area contributed by atoms with E-state index in [-0.39, 0.29) is 12.5 Å². The molecule has 0 spiro atoms. The van der Waals surface area contributed by atoms with Gasteiger partial charge < -0.3 is 14.8 Å². The van der Waals surface area contributed by atoms with Crippen LogP contribution in [0.15, 0.2) is 36.4 Å². The molecule has 0 radical (unpaired) electrons. The van der Waals surface area contributed by atoms with Gasteiger partial charge in [-0.3, -0.25) is 4.79 Å². The molecule has 3 rings (SSSR count). The molecule has 0 aliphatic heterocycles. The lowest BCUT2D eigenvalue weighted by Gasteiger charge is -2.22. The maximum absolute atomic E-state index is 12.3. The second kappa shape index (κ2) is 8.94. The Hall–Kier alpha value is -2.49. The van der Waals surface area contributed by atoms with E-state index in [1.807, 2.05) is 38.1 Å². The minimum atomic E-state index is -0.168. The molecule has 0 heterocycles. The van der Waals surface area contributed by atoms with Gasteiger partial charge in [0.05, 0.1) is 7.11 Å². The van der Waals surface area contributed by atoms with Crippen LogP contribution in [0.25, 0.3) is 0 Å². The fraction of sp³-hybridized carbons (Fsp3) is 0.435. The molecule has 4 nitrogen and oxygen atoms in total. The molecule has 0 aromatic heterocycles. The number of methoxy groups -OCH3 is 1. The highest BCUT2D eigenvalue weighted by molar-refractivity contribution is 5.92. The quantitative estimate of drug-likeness (QED) is 0.746. The van der Waals surface area contributed by atoms with Crippen molar-refractivity contribution in [2.24, 2.45) is 0 Å². The van der Waals surface area contributed by atoms with E-state index < -0.39 is 0 Å². The molecule has 0 atom stereocenters. The summed E-state index contributed by atoms with van der Waals surface area (Å²) in [6.07, 6.45) is 6.58. The number of hydrogen-bond acceptors (Lipinski definition) is 3. The van der Waals surface area contributed by atoms with Crippen LogP contribution in [-0.2, 0) is 4.79 Å². The number of hydrogen-bond donors (Lipinski definition) is 1. The zero-order valence-corrected chi connectivity index (χ0v) is 16.5. The summed E-state index contributed by atoms with van der Waals surface area (Å²) in [4.78, 5) is 12.3. The lowest BCUT2D eigenvalue weighted by molar-refractivity contribution is -0.118. The molecule has 1 saturated carbocycles. The van der Waals surface area contributed by atoms with Crippen molar-refractivity contribution in [1.29, 1.82) is 0 Å². The van der Waals surface area contributed by atoms with E-state index in [1.165, 1.54) is 37.7 Å². The molecule has 1 amide bonds. The van der Waals surface area contributed by atoms with Crippen LogP contribution in [0, 0.1) is 13.8 Å². The van der Waals surface area contributed by atoms with Crippen molar-refractivity contribution in [3.63, 3.8) is 0 Å². The van der Waals surface area contributed by atoms with Crippen LogP contribution in [0.5, 0.6) is 11.5 Å². The van der Waals surface area contributed by atoms with E-state index in [2.05, 4.69) is 17.4 Å². The summed E-state index contributed by atoms with van der Waals surface area (Å²) in [5.74, 6) is 2.06. The van der Waals surface area contributed by atoms with Gasteiger partial charge in [-0.1, -0.05) is 31.4 Å². The topological polar surface area (TPSA) is 47.6 Å². The second-order valence-electron chi connectivity index (χ2n) is 7.38. The Balaban J connectivity index is 1.54. The molecule has 0 bridgehead atoms. The molecule has 27 heavy (non-hydrogen) atoms. The van der Waals surface area contributed by atoms with Crippen LogP contribution in [0.3, 0.4) is 0 Å². The zero-order valence-electron chi connectivity index (χ0n) is 16.5. The van der Waals surface area contributed by atoms with Crippen molar-refractivity contribution in [3.05, 3.63) is 53.1 Å². The molecule has 1 fully saturated rings. The highest BCUT2D eigenvalue weighted by Gasteiger charge is 2.15. The SMILES string of the molecule is COc1cc(C)c(NC(=O)COc2ccc(C3CCCCC3)cc2)cc1C. The summed E-state index contributed by atoms with van der Waals surface area (Å²) >= 11 is 0. The Morgan fingerprint density at radius 2 is 1.74 bits per heavy atom. The van der Waals surface area contributed by atoms with Crippen LogP contribution >= 0.6 is 0 Å². The first-order valence-electron chi connectivity index (χ1n) is 9.74. The van der Waals surface area contributed by atoms with Crippen molar-refractivity contribution < 1.29 is 14.3 Å². The summed E-state index contributed by atoms with van der Waals surface area (Å²) in [5.41, 5.74) is 4.12. The van der Waals surface area contributed by atoms with E-state index in [0.717, 1.165) is 28.3 Å². The molecular formula is C23H29NO3. The molecule has 1 aliphatic carbocycles. The van der Waals surface area contributed by atoms with E-state index in [4.69, 9.17) is 9.47 Å². The maximum atomic E-state index is 12.3. The first-order valence-corrected chi connectivity index (χ1v) is 9.74. The summed E-state index contributed by atoms with van der Waals surface area (Å²) in [5, 5.41) is 2.92. The summed E-state index contributed by atoms with van der Waals surface area (Å²) in [6, 6.07) is 12.1. The number of rotatable bonds is 6. The third-order valence-corrected chi connectivity index (χ3v) is 5.34. The third-order valence-electron chi connectivity index (χ3n) is 5.34. The van der Waals surface area contributed by atoms with Crippen molar-refractivity contribution in [2.45, 2.75) is 51.9 Å². The number of nitrogens with one attached hydrogen (secondary N) is 1. The van der Waals surface area contributed by atoms with Gasteiger partial charge in [0.1, 0.15) is 11.5 Å². The van der Waals surface area contributed by atoms with Crippen LogP contribution in [0.1, 0.15) is 54.7 Å². The molecule has 4 heteroatoms. The smallest absolute Gasteiger partial charge is 0.262 e. The first-order chi connectivity index (χ1) is 13.1. The second-order valence-corrected chi connectivity index (χ2v) is 7.38. The Kier molecular flexibility index (Phi) is 6.38. The van der Waals surface area contributed by atoms with Gasteiger partial charge in [0.15, 0.2) is 6.61 Å². The molecule has 0 saturated heterocycles. The van der Waals surface area contributed by atoms with Crippen LogP contribution < -0.4 is 14.8 Å². The van der Waals surface area contributed by atoms with E-state index >= 15 is 0 Å². The molecule has 1 N–H and O–H groups in total. The van der Waals surface area contributed by atoms with Crippen LogP contribution in [-0.4, -0.2) is 19.6 Å². The lowest BCUT2D eigenvalue weighted by Crippen LogP contribution is -2.20. The Morgan fingerprint density at radius 1 is 1.04 bits per heavy atom. The van der Waals surface area contributed by atoms with Crippen molar-refractivity contribution in [1.82, 2.24) is 0 Å². The number of anilines is 1. The highest BCUT2D eigenvalue weighted by atomic mass is 16.5. The van der Waals surface area contributed by atoms with E-state index in [0.29, 0.717) is 5.92 Å². The number of aryl methyl sites for hydroxylation is 2. The molecular weight excluding hydrogens is 338 g/mol. The predicted molar refractivity (Wildman–Crippen MR) is 109 cm³/mol. The molecule has 1 aliphatic rings. The summed E-state index contributed by atoms with van der Waals surface area (Å²) in [6.45, 7) is 3.90. The molecule has 2 aromatic rings. The summed E-state index contributed by atoms with van der Waals surface area (Å²) < 4.78 is 11.0. The average Bonchev–Trinajstić information content (AvgIpc) is 2.70. The Bertz CT molecular complexity index is 777. The van der Waals surface area contributed by atoms with Crippen molar-refractivity contribution >= 4 is 11.6 Å². The van der Waals surface area contributed by atoms with Crippen molar-refractivity contribution in [3.8, 4) is 11.5 Å². The molecule has 144 valence electrons.